The van der Waals surface area contributed by atoms with Crippen molar-refractivity contribution in [2.24, 2.45) is 35.5 Å². The third kappa shape index (κ3) is 4.21. The topological polar surface area (TPSA) is 8.17 Å². The fourth-order valence-corrected chi connectivity index (χ4v) is 19.8. The van der Waals surface area contributed by atoms with Crippen molar-refractivity contribution in [3.05, 3.63) is 172 Å². The highest BCUT2D eigenvalue weighted by Gasteiger charge is 2.57. The van der Waals surface area contributed by atoms with Gasteiger partial charge in [0.1, 0.15) is 0 Å². The second kappa shape index (κ2) is 11.9. The molecule has 0 saturated heterocycles. The third-order valence-electron chi connectivity index (χ3n) is 21.1. The molecule has 8 fully saturated rings. The van der Waals surface area contributed by atoms with Crippen LogP contribution in [-0.4, -0.2) is 11.3 Å². The molecule has 12 aliphatic rings. The smallest absolute Gasteiger partial charge is 0.333 e. The second-order valence-electron chi connectivity index (χ2n) is 24.5. The predicted octanol–water partition coefficient (Wildman–Crippen LogP) is 14.1. The molecule has 0 radical (unpaired) electrons. The summed E-state index contributed by atoms with van der Waals surface area (Å²) < 4.78 is 2.89. The molecule has 8 bridgehead atoms. The summed E-state index contributed by atoms with van der Waals surface area (Å²) in [5.74, 6) is 5.51. The Morgan fingerprint density at radius 1 is 0.463 bits per heavy atom. The van der Waals surface area contributed by atoms with Gasteiger partial charge in [-0.3, -0.25) is 0 Å². The maximum Gasteiger partial charge on any atom is 0.333 e. The molecule has 20 rings (SSSR count). The van der Waals surface area contributed by atoms with Crippen molar-refractivity contribution in [1.29, 1.82) is 0 Å². The molecule has 8 saturated carbocycles. The molecule has 0 unspecified atom stereocenters. The van der Waals surface area contributed by atoms with Gasteiger partial charge >= 0.3 is 6.85 Å². The Balaban J connectivity index is 0.956. The molecule has 1 aromatic heterocycles. The maximum absolute atomic E-state index is 2.89. The average Bonchev–Trinajstić information content (AvgIpc) is 3.82. The van der Waals surface area contributed by atoms with E-state index >= 15 is 0 Å². The first-order valence-corrected chi connectivity index (χ1v) is 26.4. The number of para-hydroxylation sites is 2. The quantitative estimate of drug-likeness (QED) is 0.157. The summed E-state index contributed by atoms with van der Waals surface area (Å²) >= 11 is 0. The molecule has 7 aromatic carbocycles. The highest BCUT2D eigenvalue weighted by Crippen LogP contribution is 2.66. The zero-order valence-corrected chi connectivity index (χ0v) is 38.6. The van der Waals surface area contributed by atoms with Crippen LogP contribution in [0.15, 0.2) is 133 Å². The van der Waals surface area contributed by atoms with Gasteiger partial charge in [-0.2, -0.15) is 0 Å². The van der Waals surface area contributed by atoms with Gasteiger partial charge in [-0.15, -0.1) is 0 Å². The van der Waals surface area contributed by atoms with Gasteiger partial charge < -0.3 is 9.38 Å². The van der Waals surface area contributed by atoms with Crippen molar-refractivity contribution in [1.82, 2.24) is 4.48 Å². The van der Waals surface area contributed by atoms with Gasteiger partial charge in [-0.05, 0) is 233 Å². The molecule has 9 aliphatic carbocycles. The maximum atomic E-state index is 2.89. The third-order valence-corrected chi connectivity index (χ3v) is 21.1. The van der Waals surface area contributed by atoms with Gasteiger partial charge in [0.2, 0.25) is 0 Å². The fraction of sp³-hybridized carbons (Fsp3) is 0.344. The minimum Gasteiger partial charge on any atom is -0.375 e. The Morgan fingerprint density at radius 3 is 1.69 bits per heavy atom. The van der Waals surface area contributed by atoms with Crippen LogP contribution in [0.5, 0.6) is 0 Å². The summed E-state index contributed by atoms with van der Waals surface area (Å²) in [4.78, 5) is 2.74. The Hall–Kier alpha value is -5.80. The van der Waals surface area contributed by atoms with Crippen LogP contribution in [0, 0.1) is 42.4 Å². The van der Waals surface area contributed by atoms with E-state index in [4.69, 9.17) is 0 Å². The lowest BCUT2D eigenvalue weighted by Crippen LogP contribution is -2.58. The van der Waals surface area contributed by atoms with E-state index in [1.807, 2.05) is 0 Å². The molecule has 8 aromatic rings. The van der Waals surface area contributed by atoms with Crippen molar-refractivity contribution in [2.75, 3.05) is 4.90 Å². The van der Waals surface area contributed by atoms with Gasteiger partial charge in [0.25, 0.3) is 0 Å². The summed E-state index contributed by atoms with van der Waals surface area (Å²) in [7, 11) is 0. The van der Waals surface area contributed by atoms with Crippen LogP contribution in [0.25, 0.3) is 44.1 Å². The summed E-state index contributed by atoms with van der Waals surface area (Å²) in [6.07, 6.45) is 17.3. The molecule has 0 N–H and O–H groups in total. The van der Waals surface area contributed by atoms with Crippen molar-refractivity contribution < 1.29 is 0 Å². The van der Waals surface area contributed by atoms with Gasteiger partial charge in [0.05, 0.1) is 11.1 Å². The lowest BCUT2D eigenvalue weighted by atomic mass is 9.43. The van der Waals surface area contributed by atoms with Crippen molar-refractivity contribution in [3.63, 3.8) is 0 Å². The minimum atomic E-state index is -0.435. The Morgan fingerprint density at radius 2 is 1.03 bits per heavy atom. The number of anilines is 3. The number of benzene rings is 7. The molecule has 4 heterocycles. The van der Waals surface area contributed by atoms with Crippen molar-refractivity contribution in [3.8, 4) is 22.3 Å². The zero-order chi connectivity index (χ0) is 43.3. The molecule has 1 spiro atoms. The first-order chi connectivity index (χ1) is 32.9. The summed E-state index contributed by atoms with van der Waals surface area (Å²) in [6.45, 7) is 2.42. The van der Waals surface area contributed by atoms with E-state index in [0.29, 0.717) is 10.8 Å². The molecule has 0 amide bonds. The highest BCUT2D eigenvalue weighted by atomic mass is 15.2. The lowest BCUT2D eigenvalue weighted by molar-refractivity contribution is -0.00527. The number of hydrogen-bond acceptors (Lipinski definition) is 1. The molecule has 3 heteroatoms. The van der Waals surface area contributed by atoms with Crippen LogP contribution in [0.3, 0.4) is 0 Å². The molecule has 0 atom stereocenters. The number of rotatable bonds is 2. The van der Waals surface area contributed by atoms with Gasteiger partial charge in [-0.1, -0.05) is 97.1 Å². The zero-order valence-electron chi connectivity index (χ0n) is 38.6. The van der Waals surface area contributed by atoms with E-state index in [1.165, 1.54) is 177 Å². The molecule has 2 nitrogen and oxygen atoms in total. The Bertz CT molecular complexity index is 3490. The van der Waals surface area contributed by atoms with Gasteiger partial charge in [-0.25, -0.2) is 0 Å². The number of hydrogen-bond donors (Lipinski definition) is 0. The Kier molecular flexibility index (Phi) is 6.44. The standard InChI is InChI=1S/C64H55BN2/c1-36-19-48-50-29-44(63-33-40-24-41(34-63)26-42(25-40)35-63)28-49-47-27-43(62-30-37-21-38(31-62)23-39(22-37)32-62)17-18-56(47)67(60(49)50)65-55-15-8-14-54-61(55)66(58(20-36)59(48)65)57-16-7-6-13-53(57)64(54)51-11-4-2-9-45(51)46-10-3-5-12-52(46)64/h2-20,27-29,37-42H,21-26,30-35H2,1H3. The second-order valence-corrected chi connectivity index (χ2v) is 24.5. The van der Waals surface area contributed by atoms with E-state index in [9.17, 15) is 0 Å². The van der Waals surface area contributed by atoms with Crippen LogP contribution < -0.4 is 15.8 Å². The number of aryl methyl sites for hydroxylation is 1. The van der Waals surface area contributed by atoms with E-state index in [2.05, 4.69) is 150 Å². The number of fused-ring (bicyclic) bond motifs is 16. The van der Waals surface area contributed by atoms with Crippen molar-refractivity contribution >= 4 is 56.6 Å². The van der Waals surface area contributed by atoms with Crippen LogP contribution >= 0.6 is 0 Å². The lowest BCUT2D eigenvalue weighted by Gasteiger charge is -2.57. The monoisotopic (exact) mass is 862 g/mol. The van der Waals surface area contributed by atoms with E-state index in [0.717, 1.165) is 35.5 Å². The van der Waals surface area contributed by atoms with E-state index < -0.39 is 5.41 Å². The minimum absolute atomic E-state index is 0.0503. The average molecular weight is 863 g/mol. The molecule has 324 valence electrons. The number of aromatic nitrogens is 1. The molecular formula is C64H55BN2. The Labute approximate surface area is 394 Å². The summed E-state index contributed by atoms with van der Waals surface area (Å²) in [5, 5.41) is 3.06. The molecular weight excluding hydrogens is 808 g/mol. The van der Waals surface area contributed by atoms with Crippen molar-refractivity contribution in [2.45, 2.75) is 100 Å². The summed E-state index contributed by atoms with van der Waals surface area (Å²) in [6, 6.07) is 54.4. The van der Waals surface area contributed by atoms with Crippen LogP contribution in [0.2, 0.25) is 0 Å². The molecule has 67 heavy (non-hydrogen) atoms. The fourth-order valence-electron chi connectivity index (χ4n) is 19.8. The van der Waals surface area contributed by atoms with Crippen LogP contribution in [-0.2, 0) is 16.2 Å². The largest absolute Gasteiger partial charge is 0.375 e. The SMILES string of the molecule is Cc1cc2c3c(c1)N1c4ccccc4C4(c5ccccc5-c5ccccc54)c4cccc(c41)B3n1c3ccc(C45CC6CC(CC(C6)C4)C5)cc3c3cc(C45CC6CC(CC(C6)C4)C5)cc-2c31. The summed E-state index contributed by atoms with van der Waals surface area (Å²) in [5.41, 5.74) is 26.1. The normalized spacial score (nSPS) is 30.5. The van der Waals surface area contributed by atoms with Crippen LogP contribution in [0.1, 0.15) is 116 Å². The van der Waals surface area contributed by atoms with Crippen LogP contribution in [0.4, 0.5) is 17.1 Å². The molecule has 3 aliphatic heterocycles. The highest BCUT2D eigenvalue weighted by molar-refractivity contribution is 6.90. The van der Waals surface area contributed by atoms with E-state index in [1.54, 1.807) is 11.1 Å². The first kappa shape index (κ1) is 36.3. The first-order valence-electron chi connectivity index (χ1n) is 26.4. The van der Waals surface area contributed by atoms with Gasteiger partial charge in [0, 0.05) is 38.7 Å². The van der Waals surface area contributed by atoms with Gasteiger partial charge in [0.15, 0.2) is 0 Å². The number of nitrogens with zero attached hydrogens (tertiary/aromatic N) is 2. The van der Waals surface area contributed by atoms with E-state index in [-0.39, 0.29) is 6.85 Å². The predicted molar refractivity (Wildman–Crippen MR) is 275 cm³/mol.